The summed E-state index contributed by atoms with van der Waals surface area (Å²) < 4.78 is 102. The molecule has 108 heavy (non-hydrogen) atoms. The lowest BCUT2D eigenvalue weighted by Gasteiger charge is -2.32. The van der Waals surface area contributed by atoms with Crippen molar-refractivity contribution in [1.29, 1.82) is 0 Å². The van der Waals surface area contributed by atoms with Crippen LogP contribution in [0.2, 0.25) is 0 Å². The van der Waals surface area contributed by atoms with E-state index in [1.807, 2.05) is 29.2 Å². The maximum Gasteiger partial charge on any atom is 0.410 e. The van der Waals surface area contributed by atoms with Crippen molar-refractivity contribution in [2.45, 2.75) is 148 Å². The van der Waals surface area contributed by atoms with Crippen LogP contribution >= 0.6 is 11.6 Å². The zero-order valence-electron chi connectivity index (χ0n) is 61.5. The van der Waals surface area contributed by atoms with Crippen LogP contribution in [0.5, 0.6) is 0 Å². The van der Waals surface area contributed by atoms with Gasteiger partial charge in [0, 0.05) is 80.1 Å². The smallest absolute Gasteiger partial charge is 0.410 e. The Kier molecular flexibility index (Phi) is 26.8. The highest BCUT2D eigenvalue weighted by Crippen LogP contribution is 2.50. The average molecular weight is 1550 g/mol. The van der Waals surface area contributed by atoms with Gasteiger partial charge in [0.05, 0.1) is 14.7 Å². The number of likely N-dealkylation sites (tertiary alicyclic amines) is 2. The van der Waals surface area contributed by atoms with Gasteiger partial charge in [-0.1, -0.05) is 103 Å². The molecule has 570 valence electrons. The first-order valence-electron chi connectivity index (χ1n) is 36.4. The van der Waals surface area contributed by atoms with E-state index in [-0.39, 0.29) is 69.0 Å². The van der Waals surface area contributed by atoms with Crippen molar-refractivity contribution >= 4 is 76.1 Å². The number of benzene rings is 8. The second-order valence-electron chi connectivity index (χ2n) is 29.2. The highest BCUT2D eigenvalue weighted by molar-refractivity contribution is 7.91. The van der Waals surface area contributed by atoms with Gasteiger partial charge in [-0.2, -0.15) is 0 Å². The summed E-state index contributed by atoms with van der Waals surface area (Å²) in [5.74, 6) is -0.439. The van der Waals surface area contributed by atoms with Gasteiger partial charge in [-0.05, 0) is 256 Å². The molecule has 2 N–H and O–H groups in total. The number of nitrogens with one attached hydrogen (secondary N) is 2. The zero-order valence-corrected chi connectivity index (χ0v) is 64.7. The second-order valence-corrected chi connectivity index (χ2v) is 35.6. The third-order valence-electron chi connectivity index (χ3n) is 19.8. The topological polar surface area (TPSA) is 248 Å². The first-order valence-corrected chi connectivity index (χ1v) is 42.4. The number of amides is 5. The lowest BCUT2D eigenvalue weighted by molar-refractivity contribution is -0.135. The van der Waals surface area contributed by atoms with E-state index in [2.05, 4.69) is 10.6 Å². The van der Waals surface area contributed by atoms with E-state index in [4.69, 9.17) is 16.3 Å². The highest BCUT2D eigenvalue weighted by atomic mass is 35.5. The number of hydrogen-bond acceptors (Lipinski definition) is 13. The van der Waals surface area contributed by atoms with Crippen molar-refractivity contribution in [3.05, 3.63) is 234 Å². The Balaban J connectivity index is 0.000000188. The Hall–Kier alpha value is -9.42. The summed E-state index contributed by atoms with van der Waals surface area (Å²) >= 11 is 5.37. The molecule has 0 radical (unpaired) electrons. The molecule has 2 heterocycles. The van der Waals surface area contributed by atoms with Crippen LogP contribution in [0.3, 0.4) is 0 Å². The van der Waals surface area contributed by atoms with E-state index >= 15 is 0 Å². The van der Waals surface area contributed by atoms with Gasteiger partial charge in [0.25, 0.3) is 17.1 Å². The molecule has 4 fully saturated rings. The van der Waals surface area contributed by atoms with E-state index in [0.29, 0.717) is 54.5 Å². The van der Waals surface area contributed by atoms with Gasteiger partial charge in [-0.15, -0.1) is 0 Å². The van der Waals surface area contributed by atoms with Crippen LogP contribution in [0, 0.1) is 17.6 Å². The molecule has 12 rings (SSSR count). The maximum absolute atomic E-state index is 13.8. The van der Waals surface area contributed by atoms with E-state index in [0.717, 1.165) is 116 Å². The Morgan fingerprint density at radius 1 is 0.463 bits per heavy atom. The summed E-state index contributed by atoms with van der Waals surface area (Å²) in [5, 5.41) is 5.46. The summed E-state index contributed by atoms with van der Waals surface area (Å²) in [5.41, 5.74) is 7.72. The predicted octanol–water partition coefficient (Wildman–Crippen LogP) is 15.3. The Morgan fingerprint density at radius 3 is 1.14 bits per heavy atom. The molecule has 8 aromatic rings. The molecule has 0 unspecified atom stereocenters. The van der Waals surface area contributed by atoms with Crippen molar-refractivity contribution in [3.8, 4) is 33.4 Å². The zero-order chi connectivity index (χ0) is 77.7. The second kappa shape index (κ2) is 35.7. The molecule has 0 aromatic heterocycles. The van der Waals surface area contributed by atoms with Crippen LogP contribution in [0.1, 0.15) is 152 Å². The quantitative estimate of drug-likeness (QED) is 0.0566. The molecule has 4 aliphatic rings. The van der Waals surface area contributed by atoms with E-state index in [1.165, 1.54) is 42.3 Å². The summed E-state index contributed by atoms with van der Waals surface area (Å²) in [6.45, 7) is 8.27. The fourth-order valence-electron chi connectivity index (χ4n) is 13.6. The van der Waals surface area contributed by atoms with Gasteiger partial charge < -0.3 is 30.1 Å². The van der Waals surface area contributed by atoms with Crippen LogP contribution in [0.25, 0.3) is 33.4 Å². The monoisotopic (exact) mass is 1550 g/mol. The number of piperidine rings is 2. The van der Waals surface area contributed by atoms with E-state index in [1.54, 1.807) is 176 Å². The standard InChI is InChI=1S/C37H44FN3O6S.C33H37FN2O4S.C14H11ClO3S/c1-37(2,3)47-36(44)41(33-24-31(33)27-12-16-29(38)17-13-27)23-20-32(35(43)40-21-6-5-7-22-40)39-34(42)28-10-8-25(9-11-28)26-14-18-30(19-15-26)48(4,45)46;1-41(39,40)29-18-14-24(15-19-29)23-8-10-26(11-9-23)32(37)35-31(33(38)36-20-3-2-4-21-36)7-5-6-27-22-30(27)25-12-16-28(34)17-13-25;1-19(17,18)13-8-6-11(7-9-13)10-2-4-12(5-3-10)14(15)16/h8-19,31-33H,5-7,20-24H2,1-4H3,(H,39,42);8-19,27,30-31H,2-7,20-22H2,1H3,(H,35,37);2-9H,1H3/t31-,32-,33+;27-,30+,31+;/m01./s1. The first-order chi connectivity index (χ1) is 51.3. The molecule has 2 aliphatic heterocycles. The number of nitrogens with zero attached hydrogens (tertiary/aromatic N) is 3. The van der Waals surface area contributed by atoms with Crippen molar-refractivity contribution in [2.75, 3.05) is 51.5 Å². The van der Waals surface area contributed by atoms with Crippen molar-refractivity contribution in [2.24, 2.45) is 5.92 Å². The predicted molar refractivity (Wildman–Crippen MR) is 415 cm³/mol. The first kappa shape index (κ1) is 81.1. The fourth-order valence-corrected chi connectivity index (χ4v) is 15.6. The van der Waals surface area contributed by atoms with Gasteiger partial charge in [-0.25, -0.2) is 38.8 Å². The molecule has 6 atom stereocenters. The number of carbonyl (C=O) groups is 6. The number of sulfone groups is 3. The van der Waals surface area contributed by atoms with Gasteiger partial charge in [0.2, 0.25) is 11.8 Å². The summed E-state index contributed by atoms with van der Waals surface area (Å²) in [7, 11) is -9.76. The average Bonchev–Trinajstić information content (AvgIpc) is 1.61. The van der Waals surface area contributed by atoms with E-state index < -0.39 is 64.4 Å². The van der Waals surface area contributed by atoms with Crippen molar-refractivity contribution < 1.29 is 67.5 Å². The third kappa shape index (κ3) is 22.8. The van der Waals surface area contributed by atoms with Crippen LogP contribution in [0.15, 0.2) is 209 Å². The van der Waals surface area contributed by atoms with E-state index in [9.17, 15) is 62.8 Å². The number of carbonyl (C=O) groups excluding carboxylic acids is 6. The number of hydrogen-bond donors (Lipinski definition) is 2. The van der Waals surface area contributed by atoms with Gasteiger partial charge in [-0.3, -0.25) is 24.0 Å². The Morgan fingerprint density at radius 2 is 0.796 bits per heavy atom. The molecular weight excluding hydrogens is 1460 g/mol. The Labute approximate surface area is 637 Å². The molecule has 2 saturated heterocycles. The fraction of sp³-hybridized carbons (Fsp3) is 0.357. The van der Waals surface area contributed by atoms with Crippen molar-refractivity contribution in [1.82, 2.24) is 25.3 Å². The largest absolute Gasteiger partial charge is 0.444 e. The third-order valence-corrected chi connectivity index (χ3v) is 23.4. The molecule has 0 spiro atoms. The maximum atomic E-state index is 13.8. The van der Waals surface area contributed by atoms with Crippen LogP contribution in [-0.4, -0.2) is 150 Å². The minimum atomic E-state index is -3.31. The molecule has 24 heteroatoms. The lowest BCUT2D eigenvalue weighted by Crippen LogP contribution is -2.51. The molecule has 2 aliphatic carbocycles. The van der Waals surface area contributed by atoms with Gasteiger partial charge >= 0.3 is 6.09 Å². The normalized spacial score (nSPS) is 17.6. The SMILES string of the molecule is CC(C)(C)OC(=O)N(CC[C@H](NC(=O)c1ccc(-c2ccc(S(C)(=O)=O)cc2)cc1)C(=O)N1CCCCC1)[C@@H]1C[C@H]1c1ccc(F)cc1.CS(=O)(=O)c1ccc(-c2ccc(C(=O)Cl)cc2)cc1.CS(=O)(=O)c1ccc(-c2ccc(C(=O)N[C@@H](CCC[C@@H]3C[C@H]3c3ccc(F)cc3)C(=O)N3CCCCC3)cc2)cc1. The molecular formula is C84H92ClF2N5O13S3. The minimum absolute atomic E-state index is 0.00785. The Bertz CT molecular complexity index is 4830. The van der Waals surface area contributed by atoms with Crippen LogP contribution in [-0.2, 0) is 43.8 Å². The van der Waals surface area contributed by atoms with Gasteiger partial charge in [0.15, 0.2) is 29.5 Å². The lowest BCUT2D eigenvalue weighted by atomic mass is 10.0. The number of ether oxygens (including phenoxy) is 1. The number of halogens is 3. The summed E-state index contributed by atoms with van der Waals surface area (Å²) in [6, 6.07) is 52.0. The van der Waals surface area contributed by atoms with Crippen LogP contribution in [0.4, 0.5) is 13.6 Å². The molecule has 8 aromatic carbocycles. The minimum Gasteiger partial charge on any atom is -0.444 e. The molecule has 18 nitrogen and oxygen atoms in total. The van der Waals surface area contributed by atoms with Gasteiger partial charge in [0.1, 0.15) is 29.3 Å². The molecule has 2 saturated carbocycles. The summed E-state index contributed by atoms with van der Waals surface area (Å²) in [6.07, 6.45) is 13.3. The molecule has 0 bridgehead atoms. The summed E-state index contributed by atoms with van der Waals surface area (Å²) in [4.78, 5) is 84.5. The molecule has 5 amide bonds. The van der Waals surface area contributed by atoms with Crippen molar-refractivity contribution in [3.63, 3.8) is 0 Å². The highest BCUT2D eigenvalue weighted by Gasteiger charge is 2.47. The number of rotatable bonds is 23. The van der Waals surface area contributed by atoms with Crippen LogP contribution < -0.4 is 10.6 Å².